The average Bonchev–Trinajstić information content (AvgIpc) is 2.01. The van der Waals surface area contributed by atoms with Gasteiger partial charge in [-0.3, -0.25) is 0 Å². The van der Waals surface area contributed by atoms with Crippen LogP contribution in [0.4, 0.5) is 0 Å². The Balaban J connectivity index is 3.34. The van der Waals surface area contributed by atoms with Crippen molar-refractivity contribution in [3.05, 3.63) is 0 Å². The summed E-state index contributed by atoms with van der Waals surface area (Å²) in [5.41, 5.74) is 0. The fourth-order valence-corrected chi connectivity index (χ4v) is 22.2. The molecule has 0 aromatic heterocycles. The molecule has 0 aromatic rings. The predicted molar refractivity (Wildman–Crippen MR) is 67.7 cm³/mol. The van der Waals surface area contributed by atoms with Crippen molar-refractivity contribution in [3.63, 3.8) is 0 Å². The third-order valence-corrected chi connectivity index (χ3v) is 37.5. The molecule has 1 nitrogen and oxygen atoms in total. The zero-order chi connectivity index (χ0) is 8.53. The summed E-state index contributed by atoms with van der Waals surface area (Å²) in [5, 5.41) is 0. The summed E-state index contributed by atoms with van der Waals surface area (Å²) in [6.07, 6.45) is 2.76. The third kappa shape index (κ3) is 7.20. The van der Waals surface area contributed by atoms with E-state index < -0.39 is 0 Å². The van der Waals surface area contributed by atoms with Gasteiger partial charge in [-0.25, -0.2) is 0 Å². The molecular weight excluding hydrogens is 198 g/mol. The molecule has 0 rings (SSSR count). The molecule has 5 heteroatoms. The number of rotatable bonds is 7. The van der Waals surface area contributed by atoms with Crippen LogP contribution >= 0.6 is 0 Å². The van der Waals surface area contributed by atoms with Crippen LogP contribution in [0.25, 0.3) is 0 Å². The van der Waals surface area contributed by atoms with Gasteiger partial charge in [-0.15, -0.1) is 0 Å². The van der Waals surface area contributed by atoms with Gasteiger partial charge in [0.2, 0.25) is 0 Å². The molecule has 0 radical (unpaired) electrons. The summed E-state index contributed by atoms with van der Waals surface area (Å²) < 4.78 is 2.83. The minimum Gasteiger partial charge on any atom is -0.332 e. The molecule has 0 spiro atoms. The molecule has 0 saturated carbocycles. The molecule has 0 unspecified atom stereocenters. The standard InChI is InChI=1S/C6H23NSi4/c1-3-5-7(6-4-2)9-11-10-8/h3-6,9-11H2,1-2,8H3. The van der Waals surface area contributed by atoms with E-state index in [1.165, 1.54) is 25.9 Å². The maximum atomic E-state index is 2.83. The molecular formula is C6H23NSi4. The van der Waals surface area contributed by atoms with Crippen molar-refractivity contribution in [3.8, 4) is 0 Å². The van der Waals surface area contributed by atoms with Gasteiger partial charge in [0.05, 0.1) is 9.20 Å². The number of nitrogens with zero attached hydrogens (tertiary/aromatic N) is 1. The molecule has 0 aliphatic rings. The summed E-state index contributed by atoms with van der Waals surface area (Å²) in [4.78, 5) is 0. The molecule has 0 saturated heterocycles. The third-order valence-electron chi connectivity index (χ3n) is 1.91. The predicted octanol–water partition coefficient (Wildman–Crippen LogP) is -2.36. The molecule has 0 amide bonds. The molecule has 0 fully saturated rings. The van der Waals surface area contributed by atoms with E-state index in [0.717, 1.165) is 0 Å². The first kappa shape index (κ1) is 11.8. The van der Waals surface area contributed by atoms with Crippen molar-refractivity contribution in [2.24, 2.45) is 0 Å². The highest BCUT2D eigenvalue weighted by Gasteiger charge is 2.00. The molecule has 0 aliphatic carbocycles. The highest BCUT2D eigenvalue weighted by Crippen LogP contribution is 1.89. The first-order chi connectivity index (χ1) is 5.35. The molecule has 0 heterocycles. The van der Waals surface area contributed by atoms with Crippen LogP contribution < -0.4 is 0 Å². The van der Waals surface area contributed by atoms with Crippen LogP contribution in [0.15, 0.2) is 0 Å². The quantitative estimate of drug-likeness (QED) is 0.435. The first-order valence-corrected chi connectivity index (χ1v) is 19.4. The smallest absolute Gasteiger partial charge is 0.0761 e. The van der Waals surface area contributed by atoms with Crippen molar-refractivity contribution in [1.82, 2.24) is 4.57 Å². The van der Waals surface area contributed by atoms with Crippen LogP contribution in [0.1, 0.15) is 26.7 Å². The fourth-order valence-electron chi connectivity index (χ4n) is 1.35. The highest BCUT2D eigenvalue weighted by molar-refractivity contribution is 7.40. The van der Waals surface area contributed by atoms with E-state index in [2.05, 4.69) is 18.4 Å². The summed E-state index contributed by atoms with van der Waals surface area (Å²) in [7, 11) is 3.22. The highest BCUT2D eigenvalue weighted by atomic mass is 29.7. The van der Waals surface area contributed by atoms with Gasteiger partial charge in [0.15, 0.2) is 0 Å². The van der Waals surface area contributed by atoms with E-state index in [9.17, 15) is 0 Å². The van der Waals surface area contributed by atoms with Crippen molar-refractivity contribution < 1.29 is 0 Å². The molecule has 0 bridgehead atoms. The van der Waals surface area contributed by atoms with Gasteiger partial charge >= 0.3 is 0 Å². The molecule has 11 heavy (non-hydrogen) atoms. The first-order valence-electron chi connectivity index (χ1n) is 5.07. The van der Waals surface area contributed by atoms with Gasteiger partial charge < -0.3 is 4.57 Å². The van der Waals surface area contributed by atoms with Crippen LogP contribution in [-0.2, 0) is 0 Å². The Bertz CT molecular complexity index is 75.0. The van der Waals surface area contributed by atoms with Gasteiger partial charge in [0, 0.05) is 8.55 Å². The fraction of sp³-hybridized carbons (Fsp3) is 1.00. The Kier molecular flexibility index (Phi) is 9.59. The normalized spacial score (nSPS) is 14.5. The van der Waals surface area contributed by atoms with Gasteiger partial charge in [0.1, 0.15) is 0 Å². The van der Waals surface area contributed by atoms with Gasteiger partial charge in [-0.05, 0) is 44.2 Å². The minimum absolute atomic E-state index is 0.372. The van der Waals surface area contributed by atoms with E-state index in [4.69, 9.17) is 0 Å². The monoisotopic (exact) mass is 221 g/mol. The second-order valence-corrected chi connectivity index (χ2v) is 28.1. The molecule has 0 atom stereocenters. The lowest BCUT2D eigenvalue weighted by Crippen LogP contribution is -2.35. The lowest BCUT2D eigenvalue weighted by atomic mass is 10.4. The summed E-state index contributed by atoms with van der Waals surface area (Å²) in [6.45, 7) is 7.47. The topological polar surface area (TPSA) is 3.24 Å². The Morgan fingerprint density at radius 1 is 1.18 bits per heavy atom. The Hall–Kier alpha value is 0.828. The number of hydrogen-bond acceptors (Lipinski definition) is 1. The van der Waals surface area contributed by atoms with E-state index in [-0.39, 0.29) is 0 Å². The van der Waals surface area contributed by atoms with Crippen LogP contribution in [-0.4, -0.2) is 53.7 Å². The molecule has 68 valence electrons. The Labute approximate surface area is 80.7 Å². The van der Waals surface area contributed by atoms with E-state index in [1.807, 2.05) is 0 Å². The van der Waals surface area contributed by atoms with Crippen LogP contribution in [0, 0.1) is 0 Å². The Morgan fingerprint density at radius 2 is 1.73 bits per heavy atom. The molecule has 0 aliphatic heterocycles. The summed E-state index contributed by atoms with van der Waals surface area (Å²) >= 11 is 0. The summed E-state index contributed by atoms with van der Waals surface area (Å²) in [6, 6.07) is 0. The second-order valence-electron chi connectivity index (χ2n) is 3.20. The summed E-state index contributed by atoms with van der Waals surface area (Å²) in [5.74, 6) is 0. The maximum Gasteiger partial charge on any atom is 0.0761 e. The van der Waals surface area contributed by atoms with Crippen molar-refractivity contribution in [2.75, 3.05) is 13.1 Å². The van der Waals surface area contributed by atoms with Gasteiger partial charge in [0.25, 0.3) is 0 Å². The molecule has 0 aromatic carbocycles. The van der Waals surface area contributed by atoms with E-state index in [0.29, 0.717) is 26.3 Å². The zero-order valence-electron chi connectivity index (χ0n) is 8.40. The second kappa shape index (κ2) is 8.92. The van der Waals surface area contributed by atoms with Crippen molar-refractivity contribution >= 4 is 36.1 Å². The maximum absolute atomic E-state index is 2.83. The lowest BCUT2D eigenvalue weighted by molar-refractivity contribution is 0.447. The van der Waals surface area contributed by atoms with Gasteiger partial charge in [-0.2, -0.15) is 0 Å². The minimum atomic E-state index is 0.372. The average molecular weight is 222 g/mol. The van der Waals surface area contributed by atoms with Gasteiger partial charge in [-0.1, -0.05) is 13.8 Å². The van der Waals surface area contributed by atoms with E-state index >= 15 is 0 Å². The Morgan fingerprint density at radius 3 is 2.09 bits per heavy atom. The van der Waals surface area contributed by atoms with Crippen molar-refractivity contribution in [2.45, 2.75) is 26.7 Å². The number of hydrogen-bond donors (Lipinski definition) is 0. The SMILES string of the molecule is CCCN(CCC)[SiH2][SiH2][SiH2][SiH3]. The van der Waals surface area contributed by atoms with Crippen molar-refractivity contribution in [1.29, 1.82) is 0 Å². The van der Waals surface area contributed by atoms with E-state index in [1.54, 1.807) is 9.76 Å². The van der Waals surface area contributed by atoms with Crippen LogP contribution in [0.2, 0.25) is 0 Å². The lowest BCUT2D eigenvalue weighted by Gasteiger charge is -2.19. The van der Waals surface area contributed by atoms with Crippen LogP contribution in [0.3, 0.4) is 0 Å². The van der Waals surface area contributed by atoms with Crippen LogP contribution in [0.5, 0.6) is 0 Å². The largest absolute Gasteiger partial charge is 0.332 e. The molecule has 0 N–H and O–H groups in total. The zero-order valence-corrected chi connectivity index (χ0v) is 14.6.